The van der Waals surface area contributed by atoms with Crippen LogP contribution in [0.4, 0.5) is 21.0 Å². The van der Waals surface area contributed by atoms with E-state index in [0.717, 1.165) is 0 Å². The molecule has 0 heterocycles. The number of urea groups is 2. The molecule has 0 saturated carbocycles. The van der Waals surface area contributed by atoms with Gasteiger partial charge in [-0.25, -0.2) is 9.59 Å². The van der Waals surface area contributed by atoms with Crippen LogP contribution in [0.5, 0.6) is 0 Å². The summed E-state index contributed by atoms with van der Waals surface area (Å²) in [5, 5.41) is 7.18. The molecule has 6 heteroatoms. The fourth-order valence-electron chi connectivity index (χ4n) is 1.74. The maximum atomic E-state index is 11.7. The Morgan fingerprint density at radius 1 is 0.727 bits per heavy atom. The molecule has 0 radical (unpaired) electrons. The van der Waals surface area contributed by atoms with Crippen LogP contribution in [0.15, 0.2) is 54.6 Å². The van der Waals surface area contributed by atoms with Gasteiger partial charge >= 0.3 is 12.1 Å². The Bertz CT molecular complexity index is 682. The first kappa shape index (κ1) is 15.2. The predicted octanol–water partition coefficient (Wildman–Crippen LogP) is 3.24. The van der Waals surface area contributed by atoms with Crippen LogP contribution in [0, 0.1) is 0 Å². The van der Waals surface area contributed by atoms with Crippen LogP contribution in [-0.4, -0.2) is 17.8 Å². The summed E-state index contributed by atoms with van der Waals surface area (Å²) < 4.78 is 0. The maximum Gasteiger partial charge on any atom is 0.327 e. The quantitative estimate of drug-likeness (QED) is 0.760. The van der Waals surface area contributed by atoms with Gasteiger partial charge in [0.1, 0.15) is 0 Å². The number of carbonyl (C=O) groups is 3. The molecule has 2 rings (SSSR count). The van der Waals surface area contributed by atoms with Crippen molar-refractivity contribution in [1.82, 2.24) is 5.32 Å². The Kier molecular flexibility index (Phi) is 4.87. The molecule has 0 aromatic heterocycles. The second kappa shape index (κ2) is 7.03. The molecule has 6 nitrogen and oxygen atoms in total. The Hall–Kier alpha value is -3.15. The van der Waals surface area contributed by atoms with Crippen molar-refractivity contribution in [2.45, 2.75) is 6.92 Å². The topological polar surface area (TPSA) is 87.3 Å². The van der Waals surface area contributed by atoms with Gasteiger partial charge in [0, 0.05) is 16.9 Å². The van der Waals surface area contributed by atoms with Crippen LogP contribution >= 0.6 is 0 Å². The highest BCUT2D eigenvalue weighted by atomic mass is 16.2. The zero-order valence-electron chi connectivity index (χ0n) is 11.9. The minimum atomic E-state index is -0.663. The molecule has 2 aromatic rings. The van der Waals surface area contributed by atoms with Gasteiger partial charge in [-0.3, -0.25) is 10.1 Å². The normalized spacial score (nSPS) is 9.68. The molecule has 2 aromatic carbocycles. The summed E-state index contributed by atoms with van der Waals surface area (Å²) in [4.78, 5) is 34.5. The van der Waals surface area contributed by atoms with Crippen molar-refractivity contribution in [1.29, 1.82) is 0 Å². The highest BCUT2D eigenvalue weighted by Crippen LogP contribution is 2.10. The zero-order valence-corrected chi connectivity index (χ0v) is 11.9. The summed E-state index contributed by atoms with van der Waals surface area (Å²) in [6.45, 7) is 1.46. The van der Waals surface area contributed by atoms with E-state index in [9.17, 15) is 14.4 Å². The summed E-state index contributed by atoms with van der Waals surface area (Å²) >= 11 is 0. The number of hydrogen-bond donors (Lipinski definition) is 3. The zero-order chi connectivity index (χ0) is 15.9. The first-order chi connectivity index (χ1) is 10.5. The molecule has 0 atom stereocenters. The summed E-state index contributed by atoms with van der Waals surface area (Å²) in [6.07, 6.45) is 0. The minimum absolute atomic E-state index is 0.0572. The average molecular weight is 297 g/mol. The minimum Gasteiger partial charge on any atom is -0.308 e. The summed E-state index contributed by atoms with van der Waals surface area (Å²) in [5.74, 6) is -0.0572. The third-order valence-electron chi connectivity index (χ3n) is 2.81. The molecule has 0 fully saturated rings. The van der Waals surface area contributed by atoms with Gasteiger partial charge in [-0.15, -0.1) is 0 Å². The number of imide groups is 1. The molecule has 112 valence electrons. The third kappa shape index (κ3) is 4.45. The van der Waals surface area contributed by atoms with E-state index in [1.54, 1.807) is 48.5 Å². The van der Waals surface area contributed by atoms with Crippen molar-refractivity contribution >= 4 is 29.2 Å². The maximum absolute atomic E-state index is 11.7. The Morgan fingerprint density at radius 2 is 1.23 bits per heavy atom. The lowest BCUT2D eigenvalue weighted by molar-refractivity contribution is 0.101. The molecular weight excluding hydrogens is 282 g/mol. The molecule has 0 unspecified atom stereocenters. The number of ketones is 1. The van der Waals surface area contributed by atoms with Gasteiger partial charge in [-0.2, -0.15) is 0 Å². The summed E-state index contributed by atoms with van der Waals surface area (Å²) in [7, 11) is 0. The van der Waals surface area contributed by atoms with Crippen LogP contribution in [0.1, 0.15) is 17.3 Å². The van der Waals surface area contributed by atoms with Gasteiger partial charge in [0.15, 0.2) is 5.78 Å². The van der Waals surface area contributed by atoms with Crippen molar-refractivity contribution in [3.8, 4) is 0 Å². The number of carbonyl (C=O) groups excluding carboxylic acids is 3. The fourth-order valence-corrected chi connectivity index (χ4v) is 1.74. The van der Waals surface area contributed by atoms with Gasteiger partial charge in [0.2, 0.25) is 0 Å². The van der Waals surface area contributed by atoms with E-state index in [1.807, 2.05) is 6.07 Å². The van der Waals surface area contributed by atoms with Crippen LogP contribution in [-0.2, 0) is 0 Å². The molecule has 4 amide bonds. The van der Waals surface area contributed by atoms with Crippen LogP contribution in [0.25, 0.3) is 0 Å². The van der Waals surface area contributed by atoms with Crippen molar-refractivity contribution in [3.05, 3.63) is 60.2 Å². The van der Waals surface area contributed by atoms with E-state index >= 15 is 0 Å². The molecule has 22 heavy (non-hydrogen) atoms. The van der Waals surface area contributed by atoms with Gasteiger partial charge in [-0.1, -0.05) is 18.2 Å². The van der Waals surface area contributed by atoms with Crippen molar-refractivity contribution in [3.63, 3.8) is 0 Å². The SMILES string of the molecule is CC(=O)c1ccc(NC(=O)NC(=O)Nc2ccccc2)cc1. The highest BCUT2D eigenvalue weighted by molar-refractivity contribution is 6.05. The van der Waals surface area contributed by atoms with Crippen LogP contribution in [0.3, 0.4) is 0 Å². The van der Waals surface area contributed by atoms with Crippen molar-refractivity contribution in [2.75, 3.05) is 10.6 Å². The number of Topliss-reactive ketones (excluding diaryl/α,β-unsaturated/α-hetero) is 1. The molecular formula is C16H15N3O3. The average Bonchev–Trinajstić information content (AvgIpc) is 2.48. The van der Waals surface area contributed by atoms with Crippen LogP contribution in [0.2, 0.25) is 0 Å². The number of amides is 4. The number of para-hydroxylation sites is 1. The fraction of sp³-hybridized carbons (Fsp3) is 0.0625. The van der Waals surface area contributed by atoms with Gasteiger partial charge in [-0.05, 0) is 43.3 Å². The second-order valence-corrected chi connectivity index (χ2v) is 4.53. The van der Waals surface area contributed by atoms with Gasteiger partial charge in [0.25, 0.3) is 0 Å². The van der Waals surface area contributed by atoms with Crippen molar-refractivity contribution < 1.29 is 14.4 Å². The first-order valence-corrected chi connectivity index (χ1v) is 6.59. The molecule has 0 bridgehead atoms. The molecule has 0 spiro atoms. The van der Waals surface area contributed by atoms with Gasteiger partial charge < -0.3 is 10.6 Å². The lowest BCUT2D eigenvalue weighted by atomic mass is 10.1. The van der Waals surface area contributed by atoms with Crippen LogP contribution < -0.4 is 16.0 Å². The Morgan fingerprint density at radius 3 is 1.73 bits per heavy atom. The monoisotopic (exact) mass is 297 g/mol. The summed E-state index contributed by atoms with van der Waals surface area (Å²) in [5.41, 5.74) is 1.61. The standard InChI is InChI=1S/C16H15N3O3/c1-11(20)12-7-9-14(10-8-12)18-16(22)19-15(21)17-13-5-3-2-4-6-13/h2-10H,1H3,(H3,17,18,19,21,22). The third-order valence-corrected chi connectivity index (χ3v) is 2.81. The Balaban J connectivity index is 1.87. The predicted molar refractivity (Wildman–Crippen MR) is 84.1 cm³/mol. The number of benzene rings is 2. The smallest absolute Gasteiger partial charge is 0.308 e. The van der Waals surface area contributed by atoms with E-state index < -0.39 is 12.1 Å². The Labute approximate surface area is 127 Å². The van der Waals surface area contributed by atoms with E-state index in [4.69, 9.17) is 0 Å². The second-order valence-electron chi connectivity index (χ2n) is 4.53. The molecule has 3 N–H and O–H groups in total. The van der Waals surface area contributed by atoms with E-state index in [2.05, 4.69) is 16.0 Å². The largest absolute Gasteiger partial charge is 0.327 e. The highest BCUT2D eigenvalue weighted by Gasteiger charge is 2.08. The van der Waals surface area contributed by atoms with E-state index in [1.165, 1.54) is 6.92 Å². The molecule has 0 aliphatic carbocycles. The number of anilines is 2. The van der Waals surface area contributed by atoms with Crippen molar-refractivity contribution in [2.24, 2.45) is 0 Å². The molecule has 0 aliphatic rings. The summed E-state index contributed by atoms with van der Waals surface area (Å²) in [6, 6.07) is 13.9. The molecule has 0 aliphatic heterocycles. The molecule has 0 saturated heterocycles. The van der Waals surface area contributed by atoms with Gasteiger partial charge in [0.05, 0.1) is 0 Å². The van der Waals surface area contributed by atoms with E-state index in [-0.39, 0.29) is 5.78 Å². The number of nitrogens with one attached hydrogen (secondary N) is 3. The van der Waals surface area contributed by atoms with E-state index in [0.29, 0.717) is 16.9 Å². The number of hydrogen-bond acceptors (Lipinski definition) is 3. The lowest BCUT2D eigenvalue weighted by Crippen LogP contribution is -2.37. The first-order valence-electron chi connectivity index (χ1n) is 6.59. The lowest BCUT2D eigenvalue weighted by Gasteiger charge is -2.08. The number of rotatable bonds is 3.